The number of likely N-dealkylation sites (N-methyl/N-ethyl adjacent to an activating group) is 2. The van der Waals surface area contributed by atoms with E-state index in [1.54, 1.807) is 33.5 Å². The molecule has 10 heteroatoms. The number of hydrogen-bond donors (Lipinski definition) is 2. The lowest BCUT2D eigenvalue weighted by Gasteiger charge is -2.26. The van der Waals surface area contributed by atoms with E-state index in [9.17, 15) is 9.59 Å². The van der Waals surface area contributed by atoms with E-state index in [1.807, 2.05) is 32.9 Å². The van der Waals surface area contributed by atoms with Crippen LogP contribution >= 0.6 is 21.6 Å². The highest BCUT2D eigenvalue weighted by Gasteiger charge is 2.15. The summed E-state index contributed by atoms with van der Waals surface area (Å²) >= 11 is 0. The predicted octanol–water partition coefficient (Wildman–Crippen LogP) is 4.13. The second-order valence-electron chi connectivity index (χ2n) is 8.76. The third-order valence-electron chi connectivity index (χ3n) is 4.50. The Morgan fingerprint density at radius 3 is 1.97 bits per heavy atom. The molecule has 0 radical (unpaired) electrons. The van der Waals surface area contributed by atoms with E-state index in [1.165, 1.54) is 0 Å². The highest BCUT2D eigenvalue weighted by Crippen LogP contribution is 2.21. The first-order chi connectivity index (χ1) is 15.5. The Bertz CT molecular complexity index is 711. The molecule has 1 rings (SSSR count). The van der Waals surface area contributed by atoms with Gasteiger partial charge in [0, 0.05) is 62.7 Å². The van der Waals surface area contributed by atoms with Crippen molar-refractivity contribution in [2.75, 3.05) is 75.2 Å². The van der Waals surface area contributed by atoms with Crippen molar-refractivity contribution in [2.24, 2.45) is 0 Å². The minimum absolute atomic E-state index is 0.125. The maximum atomic E-state index is 12.4. The standard InChI is InChI=1S/C23H41N5O3S2/c1-8-28(16-15-26(5)6)20-11-9-19(10-12-20)27(7)21(29)24-13-17-32-33-18-14-25-22(30)31-23(2,3)4/h9-12H,8,13-18H2,1-7H3,(H,24,29)(H,25,30). The van der Waals surface area contributed by atoms with Gasteiger partial charge >= 0.3 is 12.1 Å². The van der Waals surface area contributed by atoms with Crippen LogP contribution < -0.4 is 20.4 Å². The maximum Gasteiger partial charge on any atom is 0.407 e. The Hall–Kier alpha value is -1.78. The van der Waals surface area contributed by atoms with Gasteiger partial charge in [0.2, 0.25) is 0 Å². The summed E-state index contributed by atoms with van der Waals surface area (Å²) in [7, 11) is 9.25. The number of amides is 3. The lowest BCUT2D eigenvalue weighted by Crippen LogP contribution is -2.38. The van der Waals surface area contributed by atoms with Crippen LogP contribution in [0.3, 0.4) is 0 Å². The molecule has 0 aromatic heterocycles. The van der Waals surface area contributed by atoms with Crippen molar-refractivity contribution in [1.29, 1.82) is 0 Å². The lowest BCUT2D eigenvalue weighted by atomic mass is 10.2. The SMILES string of the molecule is CCN(CCN(C)C)c1ccc(N(C)C(=O)NCCSSCCNC(=O)OC(C)(C)C)cc1. The molecule has 1 aromatic carbocycles. The van der Waals surface area contributed by atoms with Crippen LogP contribution in [0.5, 0.6) is 0 Å². The maximum absolute atomic E-state index is 12.4. The number of alkyl carbamates (subject to hydrolysis) is 1. The summed E-state index contributed by atoms with van der Waals surface area (Å²) in [6.45, 7) is 11.7. The Labute approximate surface area is 207 Å². The molecule has 0 saturated heterocycles. The minimum Gasteiger partial charge on any atom is -0.444 e. The number of hydrogen-bond acceptors (Lipinski definition) is 7. The first-order valence-corrected chi connectivity index (χ1v) is 13.7. The smallest absolute Gasteiger partial charge is 0.407 e. The van der Waals surface area contributed by atoms with E-state index in [-0.39, 0.29) is 6.03 Å². The molecule has 0 unspecified atom stereocenters. The molecule has 188 valence electrons. The van der Waals surface area contributed by atoms with E-state index in [2.05, 4.69) is 53.6 Å². The second-order valence-corrected chi connectivity index (χ2v) is 11.5. The van der Waals surface area contributed by atoms with E-state index in [0.29, 0.717) is 13.1 Å². The van der Waals surface area contributed by atoms with Crippen molar-refractivity contribution in [3.8, 4) is 0 Å². The number of nitrogens with zero attached hydrogens (tertiary/aromatic N) is 3. The number of ether oxygens (including phenoxy) is 1. The van der Waals surface area contributed by atoms with Crippen LogP contribution in [0.25, 0.3) is 0 Å². The quantitative estimate of drug-likeness (QED) is 0.312. The highest BCUT2D eigenvalue weighted by molar-refractivity contribution is 8.76. The van der Waals surface area contributed by atoms with Gasteiger partial charge in [0.05, 0.1) is 0 Å². The monoisotopic (exact) mass is 499 g/mol. The molecule has 0 aliphatic rings. The van der Waals surface area contributed by atoms with Gasteiger partial charge in [0.15, 0.2) is 0 Å². The summed E-state index contributed by atoms with van der Waals surface area (Å²) in [5.41, 5.74) is 1.53. The summed E-state index contributed by atoms with van der Waals surface area (Å²) < 4.78 is 5.19. The van der Waals surface area contributed by atoms with Crippen molar-refractivity contribution < 1.29 is 14.3 Å². The topological polar surface area (TPSA) is 77.2 Å². The van der Waals surface area contributed by atoms with Gasteiger partial charge < -0.3 is 25.2 Å². The van der Waals surface area contributed by atoms with E-state index in [4.69, 9.17) is 4.74 Å². The Balaban J connectivity index is 2.27. The van der Waals surface area contributed by atoms with Crippen LogP contribution in [0.4, 0.5) is 21.0 Å². The summed E-state index contributed by atoms with van der Waals surface area (Å²) in [5.74, 6) is 1.56. The number of benzene rings is 1. The average Bonchev–Trinajstić information content (AvgIpc) is 2.74. The zero-order valence-corrected chi connectivity index (χ0v) is 22.8. The zero-order chi connectivity index (χ0) is 24.9. The molecule has 0 atom stereocenters. The third kappa shape index (κ3) is 12.9. The molecule has 8 nitrogen and oxygen atoms in total. The molecule has 0 heterocycles. The Morgan fingerprint density at radius 2 is 1.45 bits per heavy atom. The van der Waals surface area contributed by atoms with Crippen LogP contribution in [-0.2, 0) is 4.74 Å². The summed E-state index contributed by atoms with van der Waals surface area (Å²) in [6.07, 6.45) is -0.396. The van der Waals surface area contributed by atoms with Gasteiger partial charge in [0.1, 0.15) is 5.60 Å². The van der Waals surface area contributed by atoms with Crippen molar-refractivity contribution in [3.05, 3.63) is 24.3 Å². The van der Waals surface area contributed by atoms with E-state index >= 15 is 0 Å². The third-order valence-corrected chi connectivity index (χ3v) is 6.91. The molecule has 3 amide bonds. The van der Waals surface area contributed by atoms with Crippen molar-refractivity contribution in [2.45, 2.75) is 33.3 Å². The lowest BCUT2D eigenvalue weighted by molar-refractivity contribution is 0.0531. The largest absolute Gasteiger partial charge is 0.444 e. The fraction of sp³-hybridized carbons (Fsp3) is 0.652. The average molecular weight is 500 g/mol. The van der Waals surface area contributed by atoms with Gasteiger partial charge in [-0.2, -0.15) is 0 Å². The minimum atomic E-state index is -0.485. The number of rotatable bonds is 13. The number of nitrogens with one attached hydrogen (secondary N) is 2. The van der Waals surface area contributed by atoms with Crippen molar-refractivity contribution in [1.82, 2.24) is 15.5 Å². The van der Waals surface area contributed by atoms with Crippen LogP contribution in [-0.4, -0.2) is 88.0 Å². The Morgan fingerprint density at radius 1 is 0.909 bits per heavy atom. The molecular weight excluding hydrogens is 458 g/mol. The molecule has 0 spiro atoms. The Kier molecular flexibility index (Phi) is 13.5. The van der Waals surface area contributed by atoms with E-state index < -0.39 is 11.7 Å². The number of urea groups is 1. The van der Waals surface area contributed by atoms with Crippen LogP contribution in [0.15, 0.2) is 24.3 Å². The molecule has 1 aromatic rings. The molecule has 2 N–H and O–H groups in total. The fourth-order valence-electron chi connectivity index (χ4n) is 2.74. The van der Waals surface area contributed by atoms with Crippen LogP contribution in [0, 0.1) is 0 Å². The molecule has 0 fully saturated rings. The van der Waals surface area contributed by atoms with Gasteiger partial charge in [-0.3, -0.25) is 4.90 Å². The van der Waals surface area contributed by atoms with Gasteiger partial charge in [0.25, 0.3) is 0 Å². The molecular formula is C23H41N5O3S2. The van der Waals surface area contributed by atoms with Crippen LogP contribution in [0.2, 0.25) is 0 Å². The molecule has 0 bridgehead atoms. The van der Waals surface area contributed by atoms with E-state index in [0.717, 1.165) is 42.5 Å². The van der Waals surface area contributed by atoms with Crippen molar-refractivity contribution in [3.63, 3.8) is 0 Å². The number of anilines is 2. The fourth-order valence-corrected chi connectivity index (χ4v) is 4.55. The van der Waals surface area contributed by atoms with Gasteiger partial charge in [-0.1, -0.05) is 21.6 Å². The first-order valence-electron chi connectivity index (χ1n) is 11.3. The number of carbonyl (C=O) groups is 2. The second kappa shape index (κ2) is 15.2. The van der Waals surface area contributed by atoms with Gasteiger partial charge in [-0.05, 0) is 66.1 Å². The predicted molar refractivity (Wildman–Crippen MR) is 144 cm³/mol. The molecule has 0 saturated carbocycles. The normalized spacial score (nSPS) is 11.3. The summed E-state index contributed by atoms with van der Waals surface area (Å²) in [4.78, 5) is 30.1. The highest BCUT2D eigenvalue weighted by atomic mass is 33.1. The van der Waals surface area contributed by atoms with Crippen LogP contribution in [0.1, 0.15) is 27.7 Å². The molecule has 0 aliphatic heterocycles. The first kappa shape index (κ1) is 29.3. The van der Waals surface area contributed by atoms with Gasteiger partial charge in [-0.15, -0.1) is 0 Å². The van der Waals surface area contributed by atoms with Crippen molar-refractivity contribution >= 4 is 45.1 Å². The summed E-state index contributed by atoms with van der Waals surface area (Å²) in [5, 5.41) is 5.68. The molecule has 33 heavy (non-hydrogen) atoms. The summed E-state index contributed by atoms with van der Waals surface area (Å²) in [6, 6.07) is 7.97. The zero-order valence-electron chi connectivity index (χ0n) is 21.1. The van der Waals surface area contributed by atoms with Gasteiger partial charge in [-0.25, -0.2) is 9.59 Å². The number of carbonyl (C=O) groups excluding carboxylic acids is 2. The molecule has 0 aliphatic carbocycles.